The zero-order chi connectivity index (χ0) is 16.8. The largest absolute Gasteiger partial charge is 0.294 e. The molecule has 2 aromatic carbocycles. The van der Waals surface area contributed by atoms with Gasteiger partial charge in [-0.05, 0) is 55.7 Å². The van der Waals surface area contributed by atoms with Crippen LogP contribution in [-0.2, 0) is 10.0 Å². The van der Waals surface area contributed by atoms with Crippen molar-refractivity contribution < 1.29 is 13.2 Å². The second kappa shape index (κ2) is 5.49. The second-order valence-electron chi connectivity index (χ2n) is 5.97. The molecule has 0 unspecified atom stereocenters. The number of benzene rings is 2. The molecular formula is C18H19NO3S. The highest BCUT2D eigenvalue weighted by Crippen LogP contribution is 2.34. The van der Waals surface area contributed by atoms with Crippen LogP contribution in [0.5, 0.6) is 0 Å². The third-order valence-corrected chi connectivity index (χ3v) is 6.19. The molecule has 0 saturated carbocycles. The van der Waals surface area contributed by atoms with E-state index in [1.807, 2.05) is 32.9 Å². The molecule has 0 radical (unpaired) electrons. The van der Waals surface area contributed by atoms with E-state index < -0.39 is 10.0 Å². The molecular weight excluding hydrogens is 310 g/mol. The molecule has 1 aliphatic heterocycles. The second-order valence-corrected chi connectivity index (χ2v) is 7.83. The molecule has 0 aliphatic carbocycles. The first-order valence-electron chi connectivity index (χ1n) is 7.55. The Bertz CT molecular complexity index is 900. The van der Waals surface area contributed by atoms with Crippen molar-refractivity contribution in [1.82, 2.24) is 0 Å². The van der Waals surface area contributed by atoms with Gasteiger partial charge in [0.25, 0.3) is 10.0 Å². The summed E-state index contributed by atoms with van der Waals surface area (Å²) in [6.45, 7) is 5.87. The summed E-state index contributed by atoms with van der Waals surface area (Å²) in [5.41, 5.74) is 3.78. The minimum Gasteiger partial charge on any atom is -0.294 e. The first-order chi connectivity index (χ1) is 10.8. The van der Waals surface area contributed by atoms with Crippen LogP contribution in [0.1, 0.15) is 33.5 Å². The standard InChI is InChI=1S/C18H19NO3S/c1-12-7-8-15(11-14(12)3)23(21,22)19-10-9-17(20)16-6-4-5-13(2)18(16)19/h4-8,11H,9-10H2,1-3H3. The van der Waals surface area contributed by atoms with Gasteiger partial charge in [0.15, 0.2) is 5.78 Å². The number of para-hydroxylation sites is 1. The zero-order valence-electron chi connectivity index (χ0n) is 13.5. The van der Waals surface area contributed by atoms with Gasteiger partial charge in [-0.25, -0.2) is 8.42 Å². The van der Waals surface area contributed by atoms with Crippen molar-refractivity contribution in [3.05, 3.63) is 58.7 Å². The summed E-state index contributed by atoms with van der Waals surface area (Å²) in [6.07, 6.45) is 0.209. The molecule has 5 heteroatoms. The third kappa shape index (κ3) is 2.55. The molecule has 4 nitrogen and oxygen atoms in total. The fourth-order valence-electron chi connectivity index (χ4n) is 2.91. The van der Waals surface area contributed by atoms with Gasteiger partial charge in [0, 0.05) is 18.5 Å². The maximum Gasteiger partial charge on any atom is 0.264 e. The number of carbonyl (C=O) groups is 1. The Hall–Kier alpha value is -2.14. The topological polar surface area (TPSA) is 54.5 Å². The van der Waals surface area contributed by atoms with Crippen LogP contribution in [0, 0.1) is 20.8 Å². The van der Waals surface area contributed by atoms with Crippen LogP contribution in [0.2, 0.25) is 0 Å². The monoisotopic (exact) mass is 329 g/mol. The van der Waals surface area contributed by atoms with E-state index in [4.69, 9.17) is 0 Å². The van der Waals surface area contributed by atoms with Crippen molar-refractivity contribution in [2.75, 3.05) is 10.8 Å². The van der Waals surface area contributed by atoms with Crippen molar-refractivity contribution in [2.24, 2.45) is 0 Å². The van der Waals surface area contributed by atoms with Gasteiger partial charge >= 0.3 is 0 Å². The molecule has 2 aromatic rings. The number of aryl methyl sites for hydroxylation is 3. The number of nitrogens with zero attached hydrogens (tertiary/aromatic N) is 1. The molecule has 0 saturated heterocycles. The highest BCUT2D eigenvalue weighted by molar-refractivity contribution is 7.92. The Balaban J connectivity index is 2.17. The lowest BCUT2D eigenvalue weighted by Gasteiger charge is -2.31. The Morgan fingerprint density at radius 2 is 1.70 bits per heavy atom. The van der Waals surface area contributed by atoms with Crippen molar-refractivity contribution in [3.8, 4) is 0 Å². The van der Waals surface area contributed by atoms with Crippen LogP contribution < -0.4 is 4.31 Å². The number of ketones is 1. The highest BCUT2D eigenvalue weighted by Gasteiger charge is 2.33. The van der Waals surface area contributed by atoms with Crippen LogP contribution in [0.3, 0.4) is 0 Å². The number of sulfonamides is 1. The van der Waals surface area contributed by atoms with Gasteiger partial charge in [0.2, 0.25) is 0 Å². The molecule has 0 aromatic heterocycles. The maximum atomic E-state index is 13.1. The highest BCUT2D eigenvalue weighted by atomic mass is 32.2. The first kappa shape index (κ1) is 15.7. The van der Waals surface area contributed by atoms with Gasteiger partial charge in [-0.3, -0.25) is 9.10 Å². The summed E-state index contributed by atoms with van der Waals surface area (Å²) in [4.78, 5) is 12.4. The molecule has 0 spiro atoms. The number of carbonyl (C=O) groups excluding carboxylic acids is 1. The van der Waals surface area contributed by atoms with Gasteiger partial charge < -0.3 is 0 Å². The molecule has 120 valence electrons. The maximum absolute atomic E-state index is 13.1. The summed E-state index contributed by atoms with van der Waals surface area (Å²) < 4.78 is 27.6. The first-order valence-corrected chi connectivity index (χ1v) is 8.99. The molecule has 0 N–H and O–H groups in total. The Labute approximate surface area is 136 Å². The predicted octanol–water partition coefficient (Wildman–Crippen LogP) is 3.39. The SMILES string of the molecule is Cc1ccc(S(=O)(=O)N2CCC(=O)c3cccc(C)c32)cc1C. The number of fused-ring (bicyclic) bond motifs is 1. The zero-order valence-corrected chi connectivity index (χ0v) is 14.3. The van der Waals surface area contributed by atoms with Gasteiger partial charge in [-0.15, -0.1) is 0 Å². The minimum absolute atomic E-state index is 0.00441. The molecule has 0 fully saturated rings. The summed E-state index contributed by atoms with van der Waals surface area (Å²) in [5.74, 6) is -0.00441. The smallest absolute Gasteiger partial charge is 0.264 e. The number of rotatable bonds is 2. The summed E-state index contributed by atoms with van der Waals surface area (Å²) in [5, 5.41) is 0. The van der Waals surface area contributed by atoms with E-state index in [2.05, 4.69) is 0 Å². The third-order valence-electron chi connectivity index (χ3n) is 4.40. The number of hydrogen-bond donors (Lipinski definition) is 0. The van der Waals surface area contributed by atoms with Crippen LogP contribution in [0.15, 0.2) is 41.3 Å². The molecule has 0 atom stereocenters. The van der Waals surface area contributed by atoms with Gasteiger partial charge in [-0.1, -0.05) is 18.2 Å². The van der Waals surface area contributed by atoms with Crippen molar-refractivity contribution in [3.63, 3.8) is 0 Å². The van der Waals surface area contributed by atoms with E-state index in [0.29, 0.717) is 11.3 Å². The predicted molar refractivity (Wildman–Crippen MR) is 90.6 cm³/mol. The molecule has 0 bridgehead atoms. The quantitative estimate of drug-likeness (QED) is 0.848. The normalized spacial score (nSPS) is 14.7. The van der Waals surface area contributed by atoms with Gasteiger partial charge in [-0.2, -0.15) is 0 Å². The fraction of sp³-hybridized carbons (Fsp3) is 0.278. The average Bonchev–Trinajstić information content (AvgIpc) is 2.51. The van der Waals surface area contributed by atoms with Crippen LogP contribution in [-0.4, -0.2) is 20.7 Å². The molecule has 3 rings (SSSR count). The van der Waals surface area contributed by atoms with Gasteiger partial charge in [0.1, 0.15) is 0 Å². The van der Waals surface area contributed by atoms with E-state index in [9.17, 15) is 13.2 Å². The Morgan fingerprint density at radius 3 is 2.39 bits per heavy atom. The molecule has 1 heterocycles. The number of anilines is 1. The molecule has 23 heavy (non-hydrogen) atoms. The van der Waals surface area contributed by atoms with E-state index in [1.165, 1.54) is 4.31 Å². The van der Waals surface area contributed by atoms with Crippen molar-refractivity contribution in [1.29, 1.82) is 0 Å². The Morgan fingerprint density at radius 1 is 0.957 bits per heavy atom. The van der Waals surface area contributed by atoms with Crippen LogP contribution in [0.4, 0.5) is 5.69 Å². The van der Waals surface area contributed by atoms with E-state index in [1.54, 1.807) is 24.3 Å². The average molecular weight is 329 g/mol. The van der Waals surface area contributed by atoms with E-state index in [-0.39, 0.29) is 23.6 Å². The lowest BCUT2D eigenvalue weighted by atomic mass is 9.99. The minimum atomic E-state index is -3.68. The fourth-order valence-corrected chi connectivity index (χ4v) is 4.54. The lowest BCUT2D eigenvalue weighted by Crippen LogP contribution is -2.38. The lowest BCUT2D eigenvalue weighted by molar-refractivity contribution is 0.0982. The molecule has 0 amide bonds. The van der Waals surface area contributed by atoms with Crippen LogP contribution >= 0.6 is 0 Å². The molecule has 1 aliphatic rings. The van der Waals surface area contributed by atoms with Crippen molar-refractivity contribution >= 4 is 21.5 Å². The van der Waals surface area contributed by atoms with Crippen molar-refractivity contribution in [2.45, 2.75) is 32.1 Å². The van der Waals surface area contributed by atoms with Gasteiger partial charge in [0.05, 0.1) is 10.6 Å². The Kier molecular flexibility index (Phi) is 3.76. The van der Waals surface area contributed by atoms with E-state index in [0.717, 1.165) is 16.7 Å². The number of Topliss-reactive ketones (excluding diaryl/α,β-unsaturated/α-hetero) is 1. The number of hydrogen-bond acceptors (Lipinski definition) is 3. The summed E-state index contributed by atoms with van der Waals surface area (Å²) in [7, 11) is -3.68. The summed E-state index contributed by atoms with van der Waals surface area (Å²) in [6, 6.07) is 10.5. The van der Waals surface area contributed by atoms with E-state index >= 15 is 0 Å². The summed E-state index contributed by atoms with van der Waals surface area (Å²) >= 11 is 0. The van der Waals surface area contributed by atoms with Crippen LogP contribution in [0.25, 0.3) is 0 Å².